The molecular weight excluding hydrogens is 299 g/mol. The quantitative estimate of drug-likeness (QED) is 0.684. The maximum atomic E-state index is 13.0. The second kappa shape index (κ2) is 7.63. The Morgan fingerprint density at radius 3 is 1.95 bits per heavy atom. The van der Waals surface area contributed by atoms with E-state index in [9.17, 15) is 9.67 Å². The summed E-state index contributed by atoms with van der Waals surface area (Å²) in [5, 5.41) is 10.2. The summed E-state index contributed by atoms with van der Waals surface area (Å²) in [6.07, 6.45) is -0.135. The van der Waals surface area contributed by atoms with Crippen LogP contribution >= 0.6 is 7.60 Å². The molecule has 126 valence electrons. The number of aryl methyl sites for hydroxylation is 1. The van der Waals surface area contributed by atoms with Gasteiger partial charge >= 0.3 is 7.60 Å². The fraction of sp³-hybridized carbons (Fsp3) is 0.647. The first kappa shape index (κ1) is 19.2. The molecule has 0 atom stereocenters. The van der Waals surface area contributed by atoms with Crippen molar-refractivity contribution in [3.8, 4) is 5.75 Å². The fourth-order valence-corrected chi connectivity index (χ4v) is 4.49. The molecule has 0 aliphatic heterocycles. The van der Waals surface area contributed by atoms with Crippen LogP contribution in [-0.2, 0) is 19.8 Å². The molecule has 1 N–H and O–H groups in total. The molecule has 0 amide bonds. The Morgan fingerprint density at radius 2 is 1.55 bits per heavy atom. The third kappa shape index (κ3) is 5.42. The molecule has 1 rings (SSSR count). The van der Waals surface area contributed by atoms with E-state index >= 15 is 0 Å². The predicted molar refractivity (Wildman–Crippen MR) is 90.7 cm³/mol. The molecule has 1 aromatic rings. The summed E-state index contributed by atoms with van der Waals surface area (Å²) in [6, 6.07) is 3.74. The lowest BCUT2D eigenvalue weighted by molar-refractivity contribution is 0.141. The summed E-state index contributed by atoms with van der Waals surface area (Å²) < 4.78 is 24.2. The molecular formula is C17H29O4P. The lowest BCUT2D eigenvalue weighted by Crippen LogP contribution is -2.09. The van der Waals surface area contributed by atoms with Crippen molar-refractivity contribution in [2.75, 3.05) is 0 Å². The van der Waals surface area contributed by atoms with E-state index in [-0.39, 0.29) is 24.3 Å². The van der Waals surface area contributed by atoms with Gasteiger partial charge < -0.3 is 14.2 Å². The molecule has 0 radical (unpaired) electrons. The topological polar surface area (TPSA) is 55.8 Å². The summed E-state index contributed by atoms with van der Waals surface area (Å²) >= 11 is 0. The molecule has 1 aromatic carbocycles. The lowest BCUT2D eigenvalue weighted by atomic mass is 9.97. The minimum absolute atomic E-state index is 0.174. The van der Waals surface area contributed by atoms with Gasteiger partial charge in [-0.3, -0.25) is 4.57 Å². The molecule has 0 aliphatic rings. The Hall–Kier alpha value is -0.830. The van der Waals surface area contributed by atoms with E-state index < -0.39 is 7.60 Å². The minimum Gasteiger partial charge on any atom is -0.507 e. The van der Waals surface area contributed by atoms with E-state index in [1.165, 1.54) is 0 Å². The Balaban J connectivity index is 3.16. The molecule has 0 aliphatic carbocycles. The number of hydrogen-bond acceptors (Lipinski definition) is 4. The summed E-state index contributed by atoms with van der Waals surface area (Å²) in [5.74, 6) is 0.498. The van der Waals surface area contributed by atoms with Gasteiger partial charge in [0, 0.05) is 0 Å². The van der Waals surface area contributed by atoms with Crippen molar-refractivity contribution in [3.63, 3.8) is 0 Å². The number of aromatic hydroxyl groups is 1. The van der Waals surface area contributed by atoms with Crippen LogP contribution in [0.3, 0.4) is 0 Å². The molecule has 0 heterocycles. The highest BCUT2D eigenvalue weighted by atomic mass is 31.2. The predicted octanol–water partition coefficient (Wildman–Crippen LogP) is 5.37. The van der Waals surface area contributed by atoms with Crippen LogP contribution in [0.5, 0.6) is 5.75 Å². The number of benzene rings is 1. The first-order valence-corrected chi connectivity index (χ1v) is 9.55. The normalized spacial score (nSPS) is 12.6. The Kier molecular flexibility index (Phi) is 6.66. The van der Waals surface area contributed by atoms with Crippen LogP contribution in [0.25, 0.3) is 0 Å². The van der Waals surface area contributed by atoms with Crippen LogP contribution in [0.15, 0.2) is 12.1 Å². The molecule has 22 heavy (non-hydrogen) atoms. The zero-order valence-electron chi connectivity index (χ0n) is 14.7. The molecule has 5 heteroatoms. The van der Waals surface area contributed by atoms with Gasteiger partial charge in [-0.2, -0.15) is 0 Å². The summed E-state index contributed by atoms with van der Waals surface area (Å²) in [6.45, 7) is 13.3. The van der Waals surface area contributed by atoms with Gasteiger partial charge in [0.1, 0.15) is 5.75 Å². The molecule has 0 fully saturated rings. The second-order valence-corrected chi connectivity index (χ2v) is 8.54. The number of phenols is 1. The number of phenolic OH excluding ortho intramolecular Hbond substituents is 1. The van der Waals surface area contributed by atoms with Crippen LogP contribution in [-0.4, -0.2) is 17.3 Å². The fourth-order valence-electron chi connectivity index (χ4n) is 2.38. The van der Waals surface area contributed by atoms with Crippen molar-refractivity contribution >= 4 is 7.60 Å². The first-order valence-electron chi connectivity index (χ1n) is 7.82. The van der Waals surface area contributed by atoms with Crippen molar-refractivity contribution in [1.29, 1.82) is 0 Å². The highest BCUT2D eigenvalue weighted by Crippen LogP contribution is 2.54. The third-order valence-corrected chi connectivity index (χ3v) is 5.37. The van der Waals surface area contributed by atoms with Crippen LogP contribution in [0.1, 0.15) is 64.2 Å². The lowest BCUT2D eigenvalue weighted by Gasteiger charge is -2.23. The van der Waals surface area contributed by atoms with Crippen molar-refractivity contribution in [2.45, 2.75) is 72.8 Å². The number of hydrogen-bond donors (Lipinski definition) is 1. The van der Waals surface area contributed by atoms with Crippen molar-refractivity contribution in [1.82, 2.24) is 0 Å². The summed E-state index contributed by atoms with van der Waals surface area (Å²) in [5.41, 5.74) is 2.50. The van der Waals surface area contributed by atoms with E-state index in [0.717, 1.165) is 16.7 Å². The average molecular weight is 328 g/mol. The van der Waals surface area contributed by atoms with Gasteiger partial charge in [0.05, 0.1) is 18.4 Å². The smallest absolute Gasteiger partial charge is 0.335 e. The zero-order chi connectivity index (χ0) is 17.1. The van der Waals surface area contributed by atoms with Crippen LogP contribution in [0, 0.1) is 6.92 Å². The van der Waals surface area contributed by atoms with E-state index in [1.54, 1.807) is 0 Å². The molecule has 0 saturated heterocycles. The van der Waals surface area contributed by atoms with Gasteiger partial charge in [0.2, 0.25) is 0 Å². The van der Waals surface area contributed by atoms with Crippen molar-refractivity contribution in [2.24, 2.45) is 0 Å². The van der Waals surface area contributed by atoms with E-state index in [1.807, 2.05) is 60.6 Å². The Bertz CT molecular complexity index is 536. The zero-order valence-corrected chi connectivity index (χ0v) is 15.6. The molecule has 0 saturated carbocycles. The third-order valence-electron chi connectivity index (χ3n) is 3.13. The van der Waals surface area contributed by atoms with Crippen LogP contribution in [0.4, 0.5) is 0 Å². The minimum atomic E-state index is -3.22. The summed E-state index contributed by atoms with van der Waals surface area (Å²) in [4.78, 5) is 0. The van der Waals surface area contributed by atoms with E-state index in [0.29, 0.717) is 5.75 Å². The van der Waals surface area contributed by atoms with Crippen molar-refractivity contribution in [3.05, 3.63) is 28.8 Å². The molecule has 0 unspecified atom stereocenters. The van der Waals surface area contributed by atoms with Crippen LogP contribution < -0.4 is 0 Å². The second-order valence-electron chi connectivity index (χ2n) is 6.58. The maximum absolute atomic E-state index is 13.0. The maximum Gasteiger partial charge on any atom is 0.335 e. The first-order chi connectivity index (χ1) is 10.0. The highest BCUT2D eigenvalue weighted by Gasteiger charge is 2.28. The standard InChI is InChI=1S/C17H29O4P/c1-11(2)16-9-15(8-14(7)17(16)18)10-22(19,20-12(3)4)21-13(5)6/h8-9,11-13,18H,10H2,1-7H3. The molecule has 0 aromatic heterocycles. The molecule has 0 spiro atoms. The largest absolute Gasteiger partial charge is 0.507 e. The SMILES string of the molecule is Cc1cc(CP(=O)(OC(C)C)OC(C)C)cc(C(C)C)c1O. The van der Waals surface area contributed by atoms with Gasteiger partial charge in [0.25, 0.3) is 0 Å². The number of rotatable bonds is 7. The van der Waals surface area contributed by atoms with E-state index in [4.69, 9.17) is 9.05 Å². The van der Waals surface area contributed by atoms with Crippen LogP contribution in [0.2, 0.25) is 0 Å². The molecule has 4 nitrogen and oxygen atoms in total. The Morgan fingerprint density at radius 1 is 1.05 bits per heavy atom. The van der Waals surface area contributed by atoms with Gasteiger partial charge in [-0.25, -0.2) is 0 Å². The van der Waals surface area contributed by atoms with Crippen molar-refractivity contribution < 1.29 is 18.7 Å². The van der Waals surface area contributed by atoms with Gasteiger partial charge in [0.15, 0.2) is 0 Å². The van der Waals surface area contributed by atoms with Gasteiger partial charge in [-0.15, -0.1) is 0 Å². The summed E-state index contributed by atoms with van der Waals surface area (Å²) in [7, 11) is -3.22. The van der Waals surface area contributed by atoms with Gasteiger partial charge in [-0.05, 0) is 57.2 Å². The molecule has 0 bridgehead atoms. The van der Waals surface area contributed by atoms with E-state index in [2.05, 4.69) is 0 Å². The monoisotopic (exact) mass is 328 g/mol. The highest BCUT2D eigenvalue weighted by molar-refractivity contribution is 7.53. The van der Waals surface area contributed by atoms with Gasteiger partial charge in [-0.1, -0.05) is 26.0 Å². The Labute approximate surface area is 134 Å². The average Bonchev–Trinajstić information content (AvgIpc) is 2.30.